The molecule has 0 aliphatic carbocycles. The van der Waals surface area contributed by atoms with E-state index in [1.165, 1.54) is 36.1 Å². The summed E-state index contributed by atoms with van der Waals surface area (Å²) in [6.07, 6.45) is -2.04. The number of carbonyl (C=O) groups is 2. The zero-order chi connectivity index (χ0) is 25.6. The number of nitrogens with zero attached hydrogens (tertiary/aromatic N) is 2. The zero-order valence-electron chi connectivity index (χ0n) is 19.5. The minimum Gasteiger partial charge on any atom is -0.396 e. The number of hydrogen-bond donors (Lipinski definition) is 2. The summed E-state index contributed by atoms with van der Waals surface area (Å²) in [6, 6.07) is 13.9. The fraction of sp³-hybridized carbons (Fsp3) is 0.269. The van der Waals surface area contributed by atoms with Gasteiger partial charge >= 0.3 is 12.2 Å². The summed E-state index contributed by atoms with van der Waals surface area (Å²) in [5.41, 5.74) is 6.96. The number of alkyl halides is 3. The fourth-order valence-electron chi connectivity index (χ4n) is 3.52. The van der Waals surface area contributed by atoms with Crippen molar-refractivity contribution in [2.45, 2.75) is 39.3 Å². The molecule has 1 heterocycles. The van der Waals surface area contributed by atoms with Crippen molar-refractivity contribution in [1.29, 1.82) is 0 Å². The first-order valence-corrected chi connectivity index (χ1v) is 11.2. The van der Waals surface area contributed by atoms with Gasteiger partial charge in [-0.05, 0) is 49.7 Å². The van der Waals surface area contributed by atoms with Gasteiger partial charge in [0.05, 0.1) is 16.9 Å². The Morgan fingerprint density at radius 3 is 2.46 bits per heavy atom. The third kappa shape index (κ3) is 6.59. The summed E-state index contributed by atoms with van der Waals surface area (Å²) in [7, 11) is 0. The lowest BCUT2D eigenvalue weighted by Gasteiger charge is -2.24. The first-order chi connectivity index (χ1) is 16.6. The van der Waals surface area contributed by atoms with E-state index in [4.69, 9.17) is 5.73 Å². The van der Waals surface area contributed by atoms with Crippen molar-refractivity contribution >= 4 is 29.0 Å². The number of nitrogen functional groups attached to an aromatic ring is 1. The lowest BCUT2D eigenvalue weighted by atomic mass is 10.1. The van der Waals surface area contributed by atoms with Gasteiger partial charge in [0.25, 0.3) is 0 Å². The number of halogens is 3. The topological polar surface area (TPSA) is 88.3 Å². The Morgan fingerprint density at radius 2 is 1.77 bits per heavy atom. The number of unbranched alkanes of at least 4 members (excludes halogenated alkanes) is 2. The second-order valence-electron chi connectivity index (χ2n) is 8.11. The number of carbonyl (C=O) groups excluding carboxylic acids is 2. The SMILES string of the molecule is CCCCCN(C(=O)Nc1cccc(C(C)=O)c1)c1nc(-c2cccc(C(F)(F)F)c2)ccc1N. The number of Topliss-reactive ketones (excluding diaryl/α,β-unsaturated/α-hetero) is 1. The highest BCUT2D eigenvalue weighted by Gasteiger charge is 2.30. The number of benzene rings is 2. The van der Waals surface area contributed by atoms with Crippen molar-refractivity contribution in [1.82, 2.24) is 4.98 Å². The van der Waals surface area contributed by atoms with Crippen molar-refractivity contribution in [3.63, 3.8) is 0 Å². The molecule has 3 rings (SSSR count). The number of ketones is 1. The van der Waals surface area contributed by atoms with Crippen LogP contribution in [0.4, 0.5) is 35.2 Å². The van der Waals surface area contributed by atoms with Gasteiger partial charge in [0.2, 0.25) is 0 Å². The highest BCUT2D eigenvalue weighted by molar-refractivity contribution is 6.04. The molecule has 0 atom stereocenters. The van der Waals surface area contributed by atoms with Gasteiger partial charge in [-0.15, -0.1) is 0 Å². The van der Waals surface area contributed by atoms with Gasteiger partial charge in [-0.1, -0.05) is 44.0 Å². The lowest BCUT2D eigenvalue weighted by Crippen LogP contribution is -2.37. The van der Waals surface area contributed by atoms with Gasteiger partial charge in [-0.2, -0.15) is 13.2 Å². The Kier molecular flexibility index (Phi) is 8.11. The van der Waals surface area contributed by atoms with Crippen molar-refractivity contribution < 1.29 is 22.8 Å². The number of aromatic nitrogens is 1. The van der Waals surface area contributed by atoms with Crippen LogP contribution in [-0.4, -0.2) is 23.3 Å². The van der Waals surface area contributed by atoms with Crippen LogP contribution in [0.1, 0.15) is 49.0 Å². The molecule has 3 N–H and O–H groups in total. The number of nitrogens with two attached hydrogens (primary N) is 1. The quantitative estimate of drug-likeness (QED) is 0.272. The Hall–Kier alpha value is -3.88. The Bertz CT molecular complexity index is 1210. The van der Waals surface area contributed by atoms with Crippen LogP contribution in [0.3, 0.4) is 0 Å². The Morgan fingerprint density at radius 1 is 1.03 bits per heavy atom. The third-order valence-corrected chi connectivity index (χ3v) is 5.40. The number of urea groups is 1. The highest BCUT2D eigenvalue weighted by Crippen LogP contribution is 2.33. The highest BCUT2D eigenvalue weighted by atomic mass is 19.4. The van der Waals surface area contributed by atoms with Gasteiger partial charge in [-0.25, -0.2) is 9.78 Å². The van der Waals surface area contributed by atoms with E-state index in [1.54, 1.807) is 24.3 Å². The van der Waals surface area contributed by atoms with E-state index in [-0.39, 0.29) is 28.5 Å². The predicted octanol–water partition coefficient (Wildman–Crippen LogP) is 6.78. The van der Waals surface area contributed by atoms with Crippen LogP contribution >= 0.6 is 0 Å². The molecule has 0 spiro atoms. The second kappa shape index (κ2) is 11.0. The fourth-order valence-corrected chi connectivity index (χ4v) is 3.52. The van der Waals surface area contributed by atoms with E-state index in [0.29, 0.717) is 24.2 Å². The Labute approximate surface area is 202 Å². The summed E-state index contributed by atoms with van der Waals surface area (Å²) in [5.74, 6) is 0.0110. The van der Waals surface area contributed by atoms with Crippen LogP contribution in [0.15, 0.2) is 60.7 Å². The molecule has 184 valence electrons. The van der Waals surface area contributed by atoms with Crippen molar-refractivity contribution in [3.05, 3.63) is 71.8 Å². The number of rotatable bonds is 8. The zero-order valence-corrected chi connectivity index (χ0v) is 19.5. The van der Waals surface area contributed by atoms with Gasteiger partial charge in [0.15, 0.2) is 11.6 Å². The molecule has 0 bridgehead atoms. The van der Waals surface area contributed by atoms with Gasteiger partial charge in [0.1, 0.15) is 0 Å². The standard InChI is InChI=1S/C26H27F3N4O2/c1-3-4-5-14-33(25(35)31-21-11-7-8-18(16-21)17(2)34)24-22(30)12-13-23(32-24)19-9-6-10-20(15-19)26(27,28)29/h6-13,15-16H,3-5,14,30H2,1-2H3,(H,31,35). The average Bonchev–Trinajstić information content (AvgIpc) is 2.82. The molecule has 0 fully saturated rings. The van der Waals surface area contributed by atoms with Gasteiger partial charge < -0.3 is 11.1 Å². The first kappa shape index (κ1) is 25.7. The van der Waals surface area contributed by atoms with Crippen LogP contribution in [0.5, 0.6) is 0 Å². The maximum atomic E-state index is 13.3. The molecule has 0 aliphatic heterocycles. The predicted molar refractivity (Wildman–Crippen MR) is 131 cm³/mol. The summed E-state index contributed by atoms with van der Waals surface area (Å²) >= 11 is 0. The minimum atomic E-state index is -4.49. The smallest absolute Gasteiger partial charge is 0.396 e. The van der Waals surface area contributed by atoms with E-state index in [0.717, 1.165) is 25.0 Å². The molecule has 0 aliphatic rings. The number of hydrogen-bond acceptors (Lipinski definition) is 4. The van der Waals surface area contributed by atoms with Crippen LogP contribution in [0.25, 0.3) is 11.3 Å². The van der Waals surface area contributed by atoms with E-state index in [1.807, 2.05) is 6.92 Å². The minimum absolute atomic E-state index is 0.138. The molecular weight excluding hydrogens is 457 g/mol. The Balaban J connectivity index is 1.97. The number of anilines is 3. The van der Waals surface area contributed by atoms with Crippen LogP contribution in [0.2, 0.25) is 0 Å². The summed E-state index contributed by atoms with van der Waals surface area (Å²) < 4.78 is 39.6. The molecule has 2 aromatic carbocycles. The average molecular weight is 485 g/mol. The third-order valence-electron chi connectivity index (χ3n) is 5.40. The van der Waals surface area contributed by atoms with E-state index in [2.05, 4.69) is 10.3 Å². The van der Waals surface area contributed by atoms with E-state index < -0.39 is 17.8 Å². The molecule has 35 heavy (non-hydrogen) atoms. The maximum Gasteiger partial charge on any atom is 0.416 e. The molecule has 2 amide bonds. The van der Waals surface area contributed by atoms with Crippen LogP contribution in [0, 0.1) is 0 Å². The van der Waals surface area contributed by atoms with Crippen LogP contribution in [-0.2, 0) is 6.18 Å². The summed E-state index contributed by atoms with van der Waals surface area (Å²) in [6.45, 7) is 3.76. The largest absolute Gasteiger partial charge is 0.416 e. The van der Waals surface area contributed by atoms with Crippen molar-refractivity contribution in [3.8, 4) is 11.3 Å². The number of amides is 2. The maximum absolute atomic E-state index is 13.3. The molecule has 0 radical (unpaired) electrons. The van der Waals surface area contributed by atoms with E-state index >= 15 is 0 Å². The molecule has 0 saturated carbocycles. The summed E-state index contributed by atoms with van der Waals surface area (Å²) in [5, 5.41) is 2.77. The molecule has 6 nitrogen and oxygen atoms in total. The first-order valence-electron chi connectivity index (χ1n) is 11.2. The number of pyridine rings is 1. The van der Waals surface area contributed by atoms with Crippen molar-refractivity contribution in [2.75, 3.05) is 22.5 Å². The van der Waals surface area contributed by atoms with Crippen molar-refractivity contribution in [2.24, 2.45) is 0 Å². The lowest BCUT2D eigenvalue weighted by molar-refractivity contribution is -0.137. The van der Waals surface area contributed by atoms with Crippen LogP contribution < -0.4 is 16.0 Å². The van der Waals surface area contributed by atoms with Gasteiger partial charge in [0, 0.05) is 23.4 Å². The molecule has 3 aromatic rings. The monoisotopic (exact) mass is 484 g/mol. The molecule has 0 saturated heterocycles. The molecular formula is C26H27F3N4O2. The molecule has 1 aromatic heterocycles. The normalized spacial score (nSPS) is 11.2. The molecule has 0 unspecified atom stereocenters. The van der Waals surface area contributed by atoms with Gasteiger partial charge in [-0.3, -0.25) is 9.69 Å². The summed E-state index contributed by atoms with van der Waals surface area (Å²) in [4.78, 5) is 30.8. The van der Waals surface area contributed by atoms with E-state index in [9.17, 15) is 22.8 Å². The second-order valence-corrected chi connectivity index (χ2v) is 8.11. The number of nitrogens with one attached hydrogen (secondary N) is 1. The molecule has 9 heteroatoms.